The molecule has 0 bridgehead atoms. The largest absolute Gasteiger partial charge is 0.334 e. The summed E-state index contributed by atoms with van der Waals surface area (Å²) in [5.41, 5.74) is 4.67. The lowest BCUT2D eigenvalue weighted by Gasteiger charge is -2.30. The van der Waals surface area contributed by atoms with E-state index in [0.29, 0.717) is 18.5 Å². The van der Waals surface area contributed by atoms with E-state index in [1.54, 1.807) is 12.3 Å². The zero-order chi connectivity index (χ0) is 18.1. The summed E-state index contributed by atoms with van der Waals surface area (Å²) in [4.78, 5) is 29.1. The van der Waals surface area contributed by atoms with Crippen molar-refractivity contribution in [1.29, 1.82) is 0 Å². The Morgan fingerprint density at radius 1 is 1.15 bits per heavy atom. The zero-order valence-electron chi connectivity index (χ0n) is 14.7. The number of hydrogen-bond acceptors (Lipinski definition) is 2. The molecule has 4 rings (SSSR count). The van der Waals surface area contributed by atoms with E-state index in [-0.39, 0.29) is 11.6 Å². The first-order valence-corrected chi connectivity index (χ1v) is 8.83. The molecule has 0 radical (unpaired) electrons. The first-order chi connectivity index (χ1) is 12.6. The SMILES string of the molecule is Cc1cccc2c1CCN(C(=O)NCc1c[nH]c(=O)c3ccccc13)C2. The Morgan fingerprint density at radius 3 is 2.81 bits per heavy atom. The average Bonchev–Trinajstić information content (AvgIpc) is 2.67. The molecule has 0 spiro atoms. The molecule has 0 saturated heterocycles. The van der Waals surface area contributed by atoms with Gasteiger partial charge in [0.1, 0.15) is 0 Å². The number of benzene rings is 2. The van der Waals surface area contributed by atoms with E-state index in [0.717, 1.165) is 23.9 Å². The van der Waals surface area contributed by atoms with Gasteiger partial charge in [0, 0.05) is 31.2 Å². The molecular formula is C21H21N3O2. The molecule has 26 heavy (non-hydrogen) atoms. The van der Waals surface area contributed by atoms with Gasteiger partial charge in [-0.2, -0.15) is 0 Å². The summed E-state index contributed by atoms with van der Waals surface area (Å²) in [5, 5.41) is 4.50. The van der Waals surface area contributed by atoms with Crippen LogP contribution in [0.5, 0.6) is 0 Å². The number of fused-ring (bicyclic) bond motifs is 2. The lowest BCUT2D eigenvalue weighted by Crippen LogP contribution is -2.42. The summed E-state index contributed by atoms with van der Waals surface area (Å²) in [6.45, 7) is 3.86. The predicted molar refractivity (Wildman–Crippen MR) is 102 cm³/mol. The van der Waals surface area contributed by atoms with Crippen LogP contribution in [0.3, 0.4) is 0 Å². The summed E-state index contributed by atoms with van der Waals surface area (Å²) >= 11 is 0. The van der Waals surface area contributed by atoms with Crippen LogP contribution in [-0.2, 0) is 19.5 Å². The fraction of sp³-hybridized carbons (Fsp3) is 0.238. The van der Waals surface area contributed by atoms with Gasteiger partial charge in [0.2, 0.25) is 0 Å². The number of urea groups is 1. The highest BCUT2D eigenvalue weighted by molar-refractivity contribution is 5.85. The van der Waals surface area contributed by atoms with Crippen molar-refractivity contribution >= 4 is 16.8 Å². The normalized spacial score (nSPS) is 13.5. The molecular weight excluding hydrogens is 326 g/mol. The summed E-state index contributed by atoms with van der Waals surface area (Å²) in [6, 6.07) is 13.6. The van der Waals surface area contributed by atoms with E-state index >= 15 is 0 Å². The topological polar surface area (TPSA) is 65.2 Å². The van der Waals surface area contributed by atoms with E-state index in [2.05, 4.69) is 29.4 Å². The van der Waals surface area contributed by atoms with Gasteiger partial charge in [0.15, 0.2) is 0 Å². The third kappa shape index (κ3) is 2.96. The number of carbonyl (C=O) groups is 1. The van der Waals surface area contributed by atoms with Crippen LogP contribution in [0.15, 0.2) is 53.5 Å². The molecule has 5 heteroatoms. The Balaban J connectivity index is 1.49. The monoisotopic (exact) mass is 347 g/mol. The van der Waals surface area contributed by atoms with Crippen molar-refractivity contribution < 1.29 is 4.79 Å². The van der Waals surface area contributed by atoms with Crippen molar-refractivity contribution in [3.63, 3.8) is 0 Å². The Bertz CT molecular complexity index is 1040. The molecule has 3 aromatic rings. The molecule has 2 amide bonds. The van der Waals surface area contributed by atoms with Crippen molar-refractivity contribution in [2.24, 2.45) is 0 Å². The van der Waals surface area contributed by atoms with E-state index in [1.807, 2.05) is 29.2 Å². The van der Waals surface area contributed by atoms with E-state index in [1.165, 1.54) is 16.7 Å². The van der Waals surface area contributed by atoms with Crippen LogP contribution in [0.4, 0.5) is 4.79 Å². The zero-order valence-corrected chi connectivity index (χ0v) is 14.7. The molecule has 1 aliphatic rings. The molecule has 0 saturated carbocycles. The smallest absolute Gasteiger partial charge is 0.317 e. The fourth-order valence-electron chi connectivity index (χ4n) is 3.67. The number of H-pyrrole nitrogens is 1. The van der Waals surface area contributed by atoms with Gasteiger partial charge < -0.3 is 15.2 Å². The molecule has 132 valence electrons. The maximum atomic E-state index is 12.6. The molecule has 0 atom stereocenters. The fourth-order valence-corrected chi connectivity index (χ4v) is 3.67. The third-order valence-corrected chi connectivity index (χ3v) is 5.11. The van der Waals surface area contributed by atoms with E-state index in [9.17, 15) is 9.59 Å². The van der Waals surface area contributed by atoms with Gasteiger partial charge in [-0.15, -0.1) is 0 Å². The maximum Gasteiger partial charge on any atom is 0.317 e. The van der Waals surface area contributed by atoms with Gasteiger partial charge >= 0.3 is 6.03 Å². The molecule has 0 unspecified atom stereocenters. The van der Waals surface area contributed by atoms with Crippen molar-refractivity contribution in [2.45, 2.75) is 26.4 Å². The van der Waals surface area contributed by atoms with Crippen LogP contribution in [0.1, 0.15) is 22.3 Å². The Hall–Kier alpha value is -3.08. The van der Waals surface area contributed by atoms with Crippen molar-refractivity contribution in [3.05, 3.63) is 81.3 Å². The molecule has 0 fully saturated rings. The Morgan fingerprint density at radius 2 is 1.96 bits per heavy atom. The second-order valence-electron chi connectivity index (χ2n) is 6.73. The van der Waals surface area contributed by atoms with Crippen LogP contribution in [-0.4, -0.2) is 22.5 Å². The van der Waals surface area contributed by atoms with Crippen molar-refractivity contribution in [3.8, 4) is 0 Å². The predicted octanol–water partition coefficient (Wildman–Crippen LogP) is 3.10. The van der Waals surface area contributed by atoms with Crippen LogP contribution >= 0.6 is 0 Å². The summed E-state index contributed by atoms with van der Waals surface area (Å²) in [6.07, 6.45) is 2.57. The number of nitrogens with one attached hydrogen (secondary N) is 2. The highest BCUT2D eigenvalue weighted by atomic mass is 16.2. The standard InChI is InChI=1S/C21H21N3O2/c1-14-5-4-6-15-13-24(10-9-17(14)15)21(26)23-12-16-11-22-20(25)19-8-3-2-7-18(16)19/h2-8,11H,9-10,12-13H2,1H3,(H,22,25)(H,23,26). The van der Waals surface area contributed by atoms with E-state index in [4.69, 9.17) is 0 Å². The lowest BCUT2D eigenvalue weighted by molar-refractivity contribution is 0.192. The first kappa shape index (κ1) is 16.4. The number of aromatic nitrogens is 1. The number of aryl methyl sites for hydroxylation is 1. The highest BCUT2D eigenvalue weighted by Gasteiger charge is 2.21. The van der Waals surface area contributed by atoms with Gasteiger partial charge in [-0.1, -0.05) is 36.4 Å². The van der Waals surface area contributed by atoms with Crippen LogP contribution in [0, 0.1) is 6.92 Å². The van der Waals surface area contributed by atoms with Gasteiger partial charge in [0.05, 0.1) is 0 Å². The number of amides is 2. The maximum absolute atomic E-state index is 12.6. The number of carbonyl (C=O) groups excluding carboxylic acids is 1. The van der Waals surface area contributed by atoms with Gasteiger partial charge in [-0.25, -0.2) is 4.79 Å². The van der Waals surface area contributed by atoms with E-state index < -0.39 is 0 Å². The summed E-state index contributed by atoms with van der Waals surface area (Å²) in [7, 11) is 0. The van der Waals surface area contributed by atoms with Gasteiger partial charge in [-0.3, -0.25) is 4.79 Å². The lowest BCUT2D eigenvalue weighted by atomic mass is 9.95. The first-order valence-electron chi connectivity index (χ1n) is 8.83. The average molecular weight is 347 g/mol. The molecule has 1 aromatic heterocycles. The number of rotatable bonds is 2. The quantitative estimate of drug-likeness (QED) is 0.748. The second kappa shape index (κ2) is 6.67. The molecule has 1 aliphatic heterocycles. The van der Waals surface area contributed by atoms with Crippen molar-refractivity contribution in [2.75, 3.05) is 6.54 Å². The molecule has 2 N–H and O–H groups in total. The van der Waals surface area contributed by atoms with Crippen LogP contribution < -0.4 is 10.9 Å². The van der Waals surface area contributed by atoms with Gasteiger partial charge in [0.25, 0.3) is 5.56 Å². The minimum Gasteiger partial charge on any atom is -0.334 e. The van der Waals surface area contributed by atoms with Gasteiger partial charge in [-0.05, 0) is 47.1 Å². The molecule has 5 nitrogen and oxygen atoms in total. The molecule has 2 heterocycles. The van der Waals surface area contributed by atoms with Crippen LogP contribution in [0.25, 0.3) is 10.8 Å². The second-order valence-corrected chi connectivity index (χ2v) is 6.73. The minimum atomic E-state index is -0.112. The number of nitrogens with zero attached hydrogens (tertiary/aromatic N) is 1. The number of hydrogen-bond donors (Lipinski definition) is 2. The van der Waals surface area contributed by atoms with Crippen LogP contribution in [0.2, 0.25) is 0 Å². The number of pyridine rings is 1. The number of aromatic amines is 1. The minimum absolute atomic E-state index is 0.0764. The highest BCUT2D eigenvalue weighted by Crippen LogP contribution is 2.22. The molecule has 2 aromatic carbocycles. The van der Waals surface area contributed by atoms with Crippen molar-refractivity contribution in [1.82, 2.24) is 15.2 Å². The summed E-state index contributed by atoms with van der Waals surface area (Å²) < 4.78 is 0. The Labute approximate surface area is 151 Å². The molecule has 0 aliphatic carbocycles. The summed E-state index contributed by atoms with van der Waals surface area (Å²) in [5.74, 6) is 0. The third-order valence-electron chi connectivity index (χ3n) is 5.11. The Kier molecular flexibility index (Phi) is 4.21.